The maximum Gasteiger partial charge on any atom is 0.242 e. The molecule has 2 fully saturated rings. The van der Waals surface area contributed by atoms with Crippen LogP contribution in [0.3, 0.4) is 0 Å². The van der Waals surface area contributed by atoms with Crippen LogP contribution in [0.5, 0.6) is 0 Å². The molecule has 1 atom stereocenters. The van der Waals surface area contributed by atoms with Crippen LogP contribution in [0.15, 0.2) is 0 Å². The monoisotopic (exact) mass is 346 g/mol. The summed E-state index contributed by atoms with van der Waals surface area (Å²) in [5.74, 6) is -0.0276. The second kappa shape index (κ2) is 9.72. The highest BCUT2D eigenvalue weighted by Crippen LogP contribution is 2.17. The molecular formula is C15H27ClN4O3. The van der Waals surface area contributed by atoms with Crippen LogP contribution in [-0.2, 0) is 14.4 Å². The Bertz CT molecular complexity index is 433. The van der Waals surface area contributed by atoms with Crippen molar-refractivity contribution < 1.29 is 14.4 Å². The minimum Gasteiger partial charge on any atom is -0.347 e. The molecule has 0 aromatic carbocycles. The van der Waals surface area contributed by atoms with Crippen LogP contribution in [0.1, 0.15) is 32.6 Å². The van der Waals surface area contributed by atoms with E-state index in [2.05, 4.69) is 10.6 Å². The zero-order chi connectivity index (χ0) is 15.9. The SMILES string of the molecule is CCCC(=O)NCC(=O)N1CCCC(N2CCNCC2=O)C1.Cl. The predicted octanol–water partition coefficient (Wildman–Crippen LogP) is -0.253. The molecule has 132 valence electrons. The molecule has 23 heavy (non-hydrogen) atoms. The summed E-state index contributed by atoms with van der Waals surface area (Å²) in [5, 5.41) is 5.73. The summed E-state index contributed by atoms with van der Waals surface area (Å²) in [6.45, 7) is 5.18. The van der Waals surface area contributed by atoms with Crippen molar-refractivity contribution in [1.82, 2.24) is 20.4 Å². The summed E-state index contributed by atoms with van der Waals surface area (Å²) in [6.07, 6.45) is 3.07. The molecule has 2 aliphatic rings. The van der Waals surface area contributed by atoms with Crippen molar-refractivity contribution in [3.05, 3.63) is 0 Å². The molecule has 2 N–H and O–H groups in total. The molecule has 0 saturated carbocycles. The largest absolute Gasteiger partial charge is 0.347 e. The van der Waals surface area contributed by atoms with Crippen LogP contribution in [0.25, 0.3) is 0 Å². The topological polar surface area (TPSA) is 81.8 Å². The maximum atomic E-state index is 12.2. The number of nitrogens with zero attached hydrogens (tertiary/aromatic N) is 2. The number of halogens is 1. The number of amides is 3. The van der Waals surface area contributed by atoms with E-state index in [1.165, 1.54) is 0 Å². The van der Waals surface area contributed by atoms with E-state index in [-0.39, 0.29) is 42.7 Å². The fraction of sp³-hybridized carbons (Fsp3) is 0.800. The molecule has 0 aromatic heterocycles. The number of piperidine rings is 1. The number of piperazine rings is 1. The Kier molecular flexibility index (Phi) is 8.33. The third kappa shape index (κ3) is 5.66. The van der Waals surface area contributed by atoms with Crippen molar-refractivity contribution in [1.29, 1.82) is 0 Å². The smallest absolute Gasteiger partial charge is 0.242 e. The van der Waals surface area contributed by atoms with Gasteiger partial charge in [-0.1, -0.05) is 6.92 Å². The fourth-order valence-electron chi connectivity index (χ4n) is 3.04. The molecule has 7 nitrogen and oxygen atoms in total. The minimum atomic E-state index is -0.0818. The highest BCUT2D eigenvalue weighted by Gasteiger charge is 2.31. The van der Waals surface area contributed by atoms with Crippen LogP contribution < -0.4 is 10.6 Å². The van der Waals surface area contributed by atoms with E-state index in [0.717, 1.165) is 25.8 Å². The molecular weight excluding hydrogens is 320 g/mol. The van der Waals surface area contributed by atoms with Crippen LogP contribution in [0.2, 0.25) is 0 Å². The zero-order valence-corrected chi connectivity index (χ0v) is 14.5. The van der Waals surface area contributed by atoms with Gasteiger partial charge in [-0.05, 0) is 19.3 Å². The Hall–Kier alpha value is -1.34. The number of rotatable bonds is 5. The standard InChI is InChI=1S/C15H26N4O3.ClH/c1-2-4-13(20)17-10-14(21)18-7-3-5-12(11-18)19-8-6-16-9-15(19)22;/h12,16H,2-11H2,1H3,(H,17,20);1H. The molecule has 0 bridgehead atoms. The second-order valence-electron chi connectivity index (χ2n) is 5.93. The van der Waals surface area contributed by atoms with Crippen LogP contribution in [0, 0.1) is 0 Å². The lowest BCUT2D eigenvalue weighted by Gasteiger charge is -2.41. The molecule has 2 aliphatic heterocycles. The van der Waals surface area contributed by atoms with Crippen molar-refractivity contribution >= 4 is 30.1 Å². The summed E-state index contributed by atoms with van der Waals surface area (Å²) in [7, 11) is 0. The van der Waals surface area contributed by atoms with Gasteiger partial charge in [0.15, 0.2) is 0 Å². The van der Waals surface area contributed by atoms with E-state index in [0.29, 0.717) is 32.6 Å². The van der Waals surface area contributed by atoms with Gasteiger partial charge in [-0.2, -0.15) is 0 Å². The predicted molar refractivity (Wildman–Crippen MR) is 89.4 cm³/mol. The first kappa shape index (κ1) is 19.7. The van der Waals surface area contributed by atoms with Gasteiger partial charge in [0.25, 0.3) is 0 Å². The Morgan fingerprint density at radius 1 is 1.35 bits per heavy atom. The van der Waals surface area contributed by atoms with Gasteiger partial charge in [0.2, 0.25) is 17.7 Å². The van der Waals surface area contributed by atoms with Gasteiger partial charge in [-0.25, -0.2) is 0 Å². The fourth-order valence-corrected chi connectivity index (χ4v) is 3.04. The number of carbonyl (C=O) groups is 3. The molecule has 2 saturated heterocycles. The molecule has 0 spiro atoms. The first-order valence-electron chi connectivity index (χ1n) is 8.16. The molecule has 3 amide bonds. The quantitative estimate of drug-likeness (QED) is 0.719. The summed E-state index contributed by atoms with van der Waals surface area (Å²) < 4.78 is 0. The van der Waals surface area contributed by atoms with E-state index in [9.17, 15) is 14.4 Å². The van der Waals surface area contributed by atoms with Gasteiger partial charge < -0.3 is 20.4 Å². The minimum absolute atomic E-state index is 0. The van der Waals surface area contributed by atoms with Crippen LogP contribution >= 0.6 is 12.4 Å². The van der Waals surface area contributed by atoms with Gasteiger partial charge in [0.05, 0.1) is 13.1 Å². The summed E-state index contributed by atoms with van der Waals surface area (Å²) in [6, 6.07) is 0.110. The Balaban J connectivity index is 0.00000264. The Labute approximate surface area is 143 Å². The summed E-state index contributed by atoms with van der Waals surface area (Å²) >= 11 is 0. The Morgan fingerprint density at radius 3 is 2.83 bits per heavy atom. The Morgan fingerprint density at radius 2 is 2.13 bits per heavy atom. The highest BCUT2D eigenvalue weighted by atomic mass is 35.5. The average Bonchev–Trinajstić information content (AvgIpc) is 2.53. The van der Waals surface area contributed by atoms with Crippen molar-refractivity contribution in [3.63, 3.8) is 0 Å². The number of hydrogen-bond donors (Lipinski definition) is 2. The highest BCUT2D eigenvalue weighted by molar-refractivity contribution is 5.85. The summed E-state index contributed by atoms with van der Waals surface area (Å²) in [4.78, 5) is 39.3. The molecule has 2 rings (SSSR count). The van der Waals surface area contributed by atoms with Gasteiger partial charge in [0, 0.05) is 38.6 Å². The lowest BCUT2D eigenvalue weighted by Crippen LogP contribution is -2.58. The van der Waals surface area contributed by atoms with Gasteiger partial charge in [0.1, 0.15) is 0 Å². The average molecular weight is 347 g/mol. The van der Waals surface area contributed by atoms with Crippen molar-refractivity contribution in [2.45, 2.75) is 38.6 Å². The first-order valence-corrected chi connectivity index (χ1v) is 8.16. The van der Waals surface area contributed by atoms with Gasteiger partial charge in [-0.3, -0.25) is 14.4 Å². The van der Waals surface area contributed by atoms with E-state index in [1.54, 1.807) is 4.90 Å². The number of likely N-dealkylation sites (tertiary alicyclic amines) is 1. The molecule has 8 heteroatoms. The number of carbonyl (C=O) groups excluding carboxylic acids is 3. The van der Waals surface area contributed by atoms with Crippen molar-refractivity contribution in [2.75, 3.05) is 39.3 Å². The van der Waals surface area contributed by atoms with Gasteiger partial charge in [-0.15, -0.1) is 12.4 Å². The normalized spacial score (nSPS) is 21.6. The van der Waals surface area contributed by atoms with Crippen LogP contribution in [-0.4, -0.2) is 72.8 Å². The number of nitrogens with one attached hydrogen (secondary N) is 2. The second-order valence-corrected chi connectivity index (χ2v) is 5.93. The molecule has 0 aromatic rings. The van der Waals surface area contributed by atoms with Crippen molar-refractivity contribution in [2.24, 2.45) is 0 Å². The van der Waals surface area contributed by atoms with E-state index in [4.69, 9.17) is 0 Å². The molecule has 1 unspecified atom stereocenters. The van der Waals surface area contributed by atoms with Crippen molar-refractivity contribution in [3.8, 4) is 0 Å². The lowest BCUT2D eigenvalue weighted by molar-refractivity contribution is -0.140. The zero-order valence-electron chi connectivity index (χ0n) is 13.7. The molecule has 0 radical (unpaired) electrons. The van der Waals surface area contributed by atoms with Gasteiger partial charge >= 0.3 is 0 Å². The van der Waals surface area contributed by atoms with E-state index in [1.807, 2.05) is 11.8 Å². The van der Waals surface area contributed by atoms with E-state index >= 15 is 0 Å². The lowest BCUT2D eigenvalue weighted by atomic mass is 10.0. The molecule has 0 aliphatic carbocycles. The summed E-state index contributed by atoms with van der Waals surface area (Å²) in [5.41, 5.74) is 0. The van der Waals surface area contributed by atoms with E-state index < -0.39 is 0 Å². The maximum absolute atomic E-state index is 12.2. The molecule has 2 heterocycles. The number of hydrogen-bond acceptors (Lipinski definition) is 4. The third-order valence-electron chi connectivity index (χ3n) is 4.23. The van der Waals surface area contributed by atoms with Crippen LogP contribution in [0.4, 0.5) is 0 Å². The third-order valence-corrected chi connectivity index (χ3v) is 4.23. The first-order chi connectivity index (χ1) is 10.6.